The molecule has 0 spiro atoms. The topological polar surface area (TPSA) is 54.0 Å². The number of carbonyl (C=O) groups is 1. The van der Waals surface area contributed by atoms with E-state index in [1.807, 2.05) is 67.6 Å². The minimum atomic E-state index is -0.877. The van der Waals surface area contributed by atoms with E-state index in [2.05, 4.69) is 53.7 Å². The Bertz CT molecular complexity index is 1130. The van der Waals surface area contributed by atoms with E-state index in [-0.39, 0.29) is 16.9 Å². The summed E-state index contributed by atoms with van der Waals surface area (Å²) >= 11 is 0. The Kier molecular flexibility index (Phi) is 8.90. The van der Waals surface area contributed by atoms with E-state index >= 15 is 0 Å². The van der Waals surface area contributed by atoms with Gasteiger partial charge in [-0.05, 0) is 65.3 Å². The first-order valence-electron chi connectivity index (χ1n) is 12.7. The van der Waals surface area contributed by atoms with Crippen molar-refractivity contribution in [3.8, 4) is 17.2 Å². The van der Waals surface area contributed by atoms with Crippen molar-refractivity contribution in [2.75, 3.05) is 13.7 Å². The van der Waals surface area contributed by atoms with Gasteiger partial charge in [0, 0.05) is 5.56 Å². The first kappa shape index (κ1) is 28.1. The predicted molar refractivity (Wildman–Crippen MR) is 148 cm³/mol. The largest absolute Gasteiger partial charge is 0.490 e. The molecule has 0 fully saturated rings. The molecule has 0 N–H and O–H groups in total. The maximum Gasteiger partial charge on any atom is 0.351 e. The quantitative estimate of drug-likeness (QED) is 0.284. The summed E-state index contributed by atoms with van der Waals surface area (Å²) in [6.07, 6.45) is -1.01. The molecule has 37 heavy (non-hydrogen) atoms. The molecule has 3 rings (SSSR count). The van der Waals surface area contributed by atoms with E-state index < -0.39 is 12.1 Å². The van der Waals surface area contributed by atoms with Gasteiger partial charge < -0.3 is 18.9 Å². The van der Waals surface area contributed by atoms with Crippen molar-refractivity contribution in [1.29, 1.82) is 0 Å². The van der Waals surface area contributed by atoms with Crippen LogP contribution in [0.2, 0.25) is 0 Å². The molecule has 0 bridgehead atoms. The minimum absolute atomic E-state index is 0.0372. The number of ether oxygens (including phenoxy) is 4. The van der Waals surface area contributed by atoms with E-state index in [0.29, 0.717) is 23.7 Å². The van der Waals surface area contributed by atoms with E-state index in [4.69, 9.17) is 18.9 Å². The van der Waals surface area contributed by atoms with Crippen molar-refractivity contribution >= 4 is 5.97 Å². The normalized spacial score (nSPS) is 13.4. The molecule has 198 valence electrons. The average molecular weight is 505 g/mol. The van der Waals surface area contributed by atoms with Crippen LogP contribution in [0.1, 0.15) is 71.3 Å². The second-order valence-electron chi connectivity index (χ2n) is 11.4. The van der Waals surface area contributed by atoms with Crippen LogP contribution in [-0.2, 0) is 20.4 Å². The van der Waals surface area contributed by atoms with Crippen molar-refractivity contribution < 1.29 is 23.7 Å². The first-order valence-corrected chi connectivity index (χ1v) is 12.7. The molecule has 0 aromatic heterocycles. The van der Waals surface area contributed by atoms with Gasteiger partial charge in [0.25, 0.3) is 0 Å². The van der Waals surface area contributed by atoms with Gasteiger partial charge in [-0.2, -0.15) is 0 Å². The number of carbonyl (C=O) groups excluding carboxylic acids is 1. The maximum absolute atomic E-state index is 12.5. The van der Waals surface area contributed by atoms with Gasteiger partial charge in [0.2, 0.25) is 6.10 Å². The van der Waals surface area contributed by atoms with Crippen LogP contribution in [0.25, 0.3) is 0 Å². The maximum atomic E-state index is 12.5. The fourth-order valence-corrected chi connectivity index (χ4v) is 3.78. The second kappa shape index (κ2) is 11.7. The summed E-state index contributed by atoms with van der Waals surface area (Å²) in [5.74, 6) is 1.63. The molecular weight excluding hydrogens is 464 g/mol. The SMILES string of the molecule is COC(=O)C(Oc1ccc(C(C)(C)C)cc1)c1ccc(OCC(C)Oc2ccc(C(C)(C)C)cc2)cc1. The highest BCUT2D eigenvalue weighted by atomic mass is 16.6. The Balaban J connectivity index is 1.60. The molecular formula is C32H40O5. The molecule has 2 atom stereocenters. The molecule has 0 saturated carbocycles. The highest BCUT2D eigenvalue weighted by molar-refractivity contribution is 5.77. The Morgan fingerprint density at radius 3 is 1.54 bits per heavy atom. The van der Waals surface area contributed by atoms with Gasteiger partial charge in [0.15, 0.2) is 0 Å². The third-order valence-corrected chi connectivity index (χ3v) is 6.11. The van der Waals surface area contributed by atoms with E-state index in [1.165, 1.54) is 18.2 Å². The van der Waals surface area contributed by atoms with Crippen LogP contribution < -0.4 is 14.2 Å². The van der Waals surface area contributed by atoms with Crippen molar-refractivity contribution in [3.63, 3.8) is 0 Å². The standard InChI is InChI=1S/C32H40O5/c1-22(36-27-17-11-24(12-18-27)31(2,3)4)21-35-26-15-9-23(10-16-26)29(30(33)34-8)37-28-19-13-25(14-20-28)32(5,6)7/h9-20,22,29H,21H2,1-8H3. The van der Waals surface area contributed by atoms with Gasteiger partial charge in [-0.3, -0.25) is 0 Å². The van der Waals surface area contributed by atoms with Crippen LogP contribution in [0.4, 0.5) is 0 Å². The van der Waals surface area contributed by atoms with Gasteiger partial charge >= 0.3 is 5.97 Å². The molecule has 0 amide bonds. The lowest BCUT2D eigenvalue weighted by molar-refractivity contribution is -0.149. The van der Waals surface area contributed by atoms with Crippen LogP contribution >= 0.6 is 0 Å². The van der Waals surface area contributed by atoms with Gasteiger partial charge in [0.1, 0.15) is 30.0 Å². The third kappa shape index (κ3) is 8.01. The summed E-state index contributed by atoms with van der Waals surface area (Å²) in [7, 11) is 1.36. The van der Waals surface area contributed by atoms with Crippen LogP contribution in [0, 0.1) is 0 Å². The average Bonchev–Trinajstić information content (AvgIpc) is 2.85. The van der Waals surface area contributed by atoms with E-state index in [9.17, 15) is 4.79 Å². The molecule has 0 aliphatic heterocycles. The van der Waals surface area contributed by atoms with Crippen LogP contribution in [0.3, 0.4) is 0 Å². The van der Waals surface area contributed by atoms with Crippen molar-refractivity contribution in [2.45, 2.75) is 71.5 Å². The molecule has 5 nitrogen and oxygen atoms in total. The number of esters is 1. The Morgan fingerprint density at radius 1 is 0.676 bits per heavy atom. The Morgan fingerprint density at radius 2 is 1.11 bits per heavy atom. The Hall–Kier alpha value is -3.47. The lowest BCUT2D eigenvalue weighted by atomic mass is 9.87. The smallest absolute Gasteiger partial charge is 0.351 e. The van der Waals surface area contributed by atoms with Crippen LogP contribution in [-0.4, -0.2) is 25.8 Å². The zero-order valence-electron chi connectivity index (χ0n) is 23.3. The zero-order chi connectivity index (χ0) is 27.2. The molecule has 3 aromatic carbocycles. The molecule has 3 aromatic rings. The molecule has 0 saturated heterocycles. The monoisotopic (exact) mass is 504 g/mol. The van der Waals surface area contributed by atoms with Crippen molar-refractivity contribution in [2.24, 2.45) is 0 Å². The number of methoxy groups -OCH3 is 1. The molecule has 0 heterocycles. The summed E-state index contributed by atoms with van der Waals surface area (Å²) in [6.45, 7) is 15.4. The summed E-state index contributed by atoms with van der Waals surface area (Å²) in [5, 5.41) is 0. The number of hydrogen-bond donors (Lipinski definition) is 0. The highest BCUT2D eigenvalue weighted by Gasteiger charge is 2.24. The van der Waals surface area contributed by atoms with Gasteiger partial charge in [-0.1, -0.05) is 77.9 Å². The number of benzene rings is 3. The molecule has 2 unspecified atom stereocenters. The van der Waals surface area contributed by atoms with E-state index in [1.54, 1.807) is 0 Å². The fourth-order valence-electron chi connectivity index (χ4n) is 3.78. The summed E-state index contributed by atoms with van der Waals surface area (Å²) in [6, 6.07) is 23.3. The molecule has 0 aliphatic rings. The van der Waals surface area contributed by atoms with Gasteiger partial charge in [-0.25, -0.2) is 4.79 Å². The van der Waals surface area contributed by atoms with Crippen molar-refractivity contribution in [3.05, 3.63) is 89.5 Å². The molecule has 5 heteroatoms. The minimum Gasteiger partial charge on any atom is -0.490 e. The lowest BCUT2D eigenvalue weighted by Crippen LogP contribution is -2.22. The Labute approximate surface area is 221 Å². The number of hydrogen-bond acceptors (Lipinski definition) is 5. The van der Waals surface area contributed by atoms with Gasteiger partial charge in [-0.15, -0.1) is 0 Å². The predicted octanol–water partition coefficient (Wildman–Crippen LogP) is 7.42. The summed E-state index contributed by atoms with van der Waals surface area (Å²) < 4.78 is 22.9. The summed E-state index contributed by atoms with van der Waals surface area (Å²) in [5.41, 5.74) is 3.28. The van der Waals surface area contributed by atoms with Crippen molar-refractivity contribution in [1.82, 2.24) is 0 Å². The number of rotatable bonds is 9. The van der Waals surface area contributed by atoms with Gasteiger partial charge in [0.05, 0.1) is 7.11 Å². The third-order valence-electron chi connectivity index (χ3n) is 6.11. The summed E-state index contributed by atoms with van der Waals surface area (Å²) in [4.78, 5) is 12.5. The zero-order valence-corrected chi connectivity index (χ0v) is 23.3. The molecule has 0 radical (unpaired) electrons. The first-order chi connectivity index (χ1) is 17.4. The fraction of sp³-hybridized carbons (Fsp3) is 0.406. The lowest BCUT2D eigenvalue weighted by Gasteiger charge is -2.21. The highest BCUT2D eigenvalue weighted by Crippen LogP contribution is 2.29. The van der Waals surface area contributed by atoms with Crippen LogP contribution in [0.15, 0.2) is 72.8 Å². The van der Waals surface area contributed by atoms with Crippen LogP contribution in [0.5, 0.6) is 17.2 Å². The molecule has 0 aliphatic carbocycles. The second-order valence-corrected chi connectivity index (χ2v) is 11.4. The van der Waals surface area contributed by atoms with E-state index in [0.717, 1.165) is 5.75 Å².